The van der Waals surface area contributed by atoms with Crippen molar-refractivity contribution in [1.29, 1.82) is 0 Å². The molecule has 1 aromatic carbocycles. The topological polar surface area (TPSA) is 104 Å². The first-order chi connectivity index (χ1) is 10.2. The highest BCUT2D eigenvalue weighted by atomic mass is 16.7. The Morgan fingerprint density at radius 3 is 2.90 bits per heavy atom. The number of amides is 2. The lowest BCUT2D eigenvalue weighted by Crippen LogP contribution is -2.24. The zero-order valence-electron chi connectivity index (χ0n) is 11.6. The third-order valence-electron chi connectivity index (χ3n) is 2.64. The second-order valence-corrected chi connectivity index (χ2v) is 4.13. The highest BCUT2D eigenvalue weighted by molar-refractivity contribution is 5.82. The second kappa shape index (κ2) is 7.46. The number of ether oxygens (including phenoxy) is 4. The van der Waals surface area contributed by atoms with Crippen molar-refractivity contribution in [1.82, 2.24) is 5.43 Å². The quantitative estimate of drug-likeness (QED) is 0.585. The number of primary amides is 1. The van der Waals surface area contributed by atoms with Crippen LogP contribution in [-0.2, 0) is 9.47 Å². The molecular weight excluding hydrogens is 278 g/mol. The summed E-state index contributed by atoms with van der Waals surface area (Å²) in [4.78, 5) is 10.5. The Balaban J connectivity index is 2.02. The molecule has 1 fully saturated rings. The standard InChI is InChI=1S/C13H17N3O5/c1-18-10-3-2-9(7-15-16-13(14)17)6-11(10)21-8-12-19-4-5-20-12/h2-3,6-7,12H,4-5,8H2,1H3,(H3,14,16,17). The number of carbonyl (C=O) groups excluding carboxylic acids is 1. The molecular formula is C13H17N3O5. The third kappa shape index (κ3) is 4.62. The molecule has 1 aliphatic heterocycles. The number of carbonyl (C=O) groups is 1. The molecule has 114 valence electrons. The largest absolute Gasteiger partial charge is 0.493 e. The van der Waals surface area contributed by atoms with Crippen LogP contribution in [0.15, 0.2) is 23.3 Å². The second-order valence-electron chi connectivity index (χ2n) is 4.13. The SMILES string of the molecule is COc1ccc(C=NNC(N)=O)cc1OCC1OCCO1. The van der Waals surface area contributed by atoms with Crippen LogP contribution in [0.5, 0.6) is 11.5 Å². The van der Waals surface area contributed by atoms with Crippen LogP contribution < -0.4 is 20.6 Å². The van der Waals surface area contributed by atoms with E-state index in [9.17, 15) is 4.79 Å². The number of urea groups is 1. The molecule has 0 aromatic heterocycles. The lowest BCUT2D eigenvalue weighted by atomic mass is 10.2. The van der Waals surface area contributed by atoms with Crippen molar-refractivity contribution in [3.05, 3.63) is 23.8 Å². The van der Waals surface area contributed by atoms with Crippen LogP contribution in [0.1, 0.15) is 5.56 Å². The van der Waals surface area contributed by atoms with Crippen LogP contribution in [0, 0.1) is 0 Å². The van der Waals surface area contributed by atoms with Gasteiger partial charge in [0.1, 0.15) is 6.61 Å². The van der Waals surface area contributed by atoms with E-state index in [-0.39, 0.29) is 12.9 Å². The molecule has 2 rings (SSSR count). The number of benzene rings is 1. The van der Waals surface area contributed by atoms with Gasteiger partial charge in [-0.25, -0.2) is 10.2 Å². The fourth-order valence-electron chi connectivity index (χ4n) is 1.72. The highest BCUT2D eigenvalue weighted by Crippen LogP contribution is 2.28. The average Bonchev–Trinajstić information content (AvgIpc) is 2.98. The van der Waals surface area contributed by atoms with Gasteiger partial charge in [0, 0.05) is 0 Å². The van der Waals surface area contributed by atoms with Gasteiger partial charge < -0.3 is 24.7 Å². The zero-order chi connectivity index (χ0) is 15.1. The first-order valence-electron chi connectivity index (χ1n) is 6.31. The van der Waals surface area contributed by atoms with Crippen molar-refractivity contribution in [3.63, 3.8) is 0 Å². The summed E-state index contributed by atoms with van der Waals surface area (Å²) in [6.07, 6.45) is 1.07. The third-order valence-corrected chi connectivity index (χ3v) is 2.64. The molecule has 0 bridgehead atoms. The minimum absolute atomic E-state index is 0.260. The lowest BCUT2D eigenvalue weighted by Gasteiger charge is -2.14. The van der Waals surface area contributed by atoms with E-state index in [2.05, 4.69) is 10.5 Å². The summed E-state index contributed by atoms with van der Waals surface area (Å²) in [5.41, 5.74) is 7.74. The highest BCUT2D eigenvalue weighted by Gasteiger charge is 2.17. The van der Waals surface area contributed by atoms with E-state index in [0.717, 1.165) is 0 Å². The average molecular weight is 295 g/mol. The molecule has 0 aliphatic carbocycles. The van der Waals surface area contributed by atoms with Gasteiger partial charge in [-0.3, -0.25) is 0 Å². The summed E-state index contributed by atoms with van der Waals surface area (Å²) in [5.74, 6) is 1.10. The maximum Gasteiger partial charge on any atom is 0.332 e. The fraction of sp³-hybridized carbons (Fsp3) is 0.385. The Kier molecular flexibility index (Phi) is 5.35. The van der Waals surface area contributed by atoms with Gasteiger partial charge >= 0.3 is 6.03 Å². The number of hydrogen-bond donors (Lipinski definition) is 2. The van der Waals surface area contributed by atoms with Crippen LogP contribution in [0.4, 0.5) is 4.79 Å². The number of nitrogens with zero attached hydrogens (tertiary/aromatic N) is 1. The van der Waals surface area contributed by atoms with Crippen LogP contribution >= 0.6 is 0 Å². The van der Waals surface area contributed by atoms with Crippen LogP contribution in [0.3, 0.4) is 0 Å². The van der Waals surface area contributed by atoms with E-state index in [0.29, 0.717) is 30.3 Å². The minimum atomic E-state index is -0.730. The molecule has 1 saturated heterocycles. The Bertz CT molecular complexity index is 515. The van der Waals surface area contributed by atoms with Crippen molar-refractivity contribution >= 4 is 12.2 Å². The summed E-state index contributed by atoms with van der Waals surface area (Å²) in [7, 11) is 1.55. The van der Waals surface area contributed by atoms with Crippen molar-refractivity contribution in [3.8, 4) is 11.5 Å². The van der Waals surface area contributed by atoms with Gasteiger partial charge in [0.05, 0.1) is 26.5 Å². The lowest BCUT2D eigenvalue weighted by molar-refractivity contribution is -0.0687. The molecule has 0 saturated carbocycles. The van der Waals surface area contributed by atoms with Crippen LogP contribution in [0.2, 0.25) is 0 Å². The fourth-order valence-corrected chi connectivity index (χ4v) is 1.72. The molecule has 8 nitrogen and oxygen atoms in total. The Labute approximate surface area is 121 Å². The molecule has 2 amide bonds. The van der Waals surface area contributed by atoms with Crippen LogP contribution in [-0.4, -0.2) is 45.5 Å². The summed E-state index contributed by atoms with van der Waals surface area (Å²) in [5, 5.41) is 3.68. The summed E-state index contributed by atoms with van der Waals surface area (Å²) < 4.78 is 21.4. The van der Waals surface area contributed by atoms with E-state index < -0.39 is 6.03 Å². The molecule has 21 heavy (non-hydrogen) atoms. The van der Waals surface area contributed by atoms with Gasteiger partial charge in [-0.2, -0.15) is 5.10 Å². The van der Waals surface area contributed by atoms with E-state index in [1.165, 1.54) is 6.21 Å². The predicted molar refractivity (Wildman–Crippen MR) is 74.5 cm³/mol. The molecule has 0 unspecified atom stereocenters. The van der Waals surface area contributed by atoms with E-state index in [1.54, 1.807) is 25.3 Å². The van der Waals surface area contributed by atoms with Gasteiger partial charge in [-0.1, -0.05) is 0 Å². The van der Waals surface area contributed by atoms with Crippen molar-refractivity contribution in [2.45, 2.75) is 6.29 Å². The monoisotopic (exact) mass is 295 g/mol. The Hall–Kier alpha value is -2.32. The van der Waals surface area contributed by atoms with Gasteiger partial charge in [0.2, 0.25) is 0 Å². The van der Waals surface area contributed by atoms with Gasteiger partial charge in [0.25, 0.3) is 0 Å². The molecule has 1 heterocycles. The number of hydrazone groups is 1. The van der Waals surface area contributed by atoms with Gasteiger partial charge in [-0.05, 0) is 23.8 Å². The normalized spacial score (nSPS) is 15.3. The number of hydrogen-bond acceptors (Lipinski definition) is 6. The maximum absolute atomic E-state index is 10.5. The number of nitrogens with one attached hydrogen (secondary N) is 1. The molecule has 3 N–H and O–H groups in total. The summed E-state index contributed by atoms with van der Waals surface area (Å²) >= 11 is 0. The molecule has 1 aromatic rings. The Morgan fingerprint density at radius 1 is 1.48 bits per heavy atom. The predicted octanol–water partition coefficient (Wildman–Crippen LogP) is 0.449. The molecule has 0 radical (unpaired) electrons. The number of methoxy groups -OCH3 is 1. The zero-order valence-corrected chi connectivity index (χ0v) is 11.6. The number of rotatable bonds is 6. The minimum Gasteiger partial charge on any atom is -0.493 e. The van der Waals surface area contributed by atoms with E-state index in [4.69, 9.17) is 24.7 Å². The van der Waals surface area contributed by atoms with E-state index >= 15 is 0 Å². The van der Waals surface area contributed by atoms with Crippen molar-refractivity contribution < 1.29 is 23.7 Å². The molecule has 0 atom stereocenters. The van der Waals surface area contributed by atoms with Crippen molar-refractivity contribution in [2.24, 2.45) is 10.8 Å². The van der Waals surface area contributed by atoms with Gasteiger partial charge in [-0.15, -0.1) is 0 Å². The maximum atomic E-state index is 10.5. The summed E-state index contributed by atoms with van der Waals surface area (Å²) in [6, 6.07) is 4.49. The molecule has 8 heteroatoms. The summed E-state index contributed by atoms with van der Waals surface area (Å²) in [6.45, 7) is 1.39. The van der Waals surface area contributed by atoms with E-state index in [1.807, 2.05) is 0 Å². The first-order valence-corrected chi connectivity index (χ1v) is 6.31. The molecule has 1 aliphatic rings. The van der Waals surface area contributed by atoms with Crippen molar-refractivity contribution in [2.75, 3.05) is 26.9 Å². The Morgan fingerprint density at radius 2 is 2.24 bits per heavy atom. The van der Waals surface area contributed by atoms with Gasteiger partial charge in [0.15, 0.2) is 17.8 Å². The molecule has 0 spiro atoms. The first kappa shape index (κ1) is 15.1. The van der Waals surface area contributed by atoms with Crippen LogP contribution in [0.25, 0.3) is 0 Å². The smallest absolute Gasteiger partial charge is 0.332 e. The number of nitrogens with two attached hydrogens (primary N) is 1.